The molecule has 0 aromatic carbocycles. The zero-order valence-corrected chi connectivity index (χ0v) is 5.71. The smallest absolute Gasteiger partial charge is 0.430 e. The molecule has 0 aliphatic carbocycles. The lowest BCUT2D eigenvalue weighted by Gasteiger charge is -2.01. The summed E-state index contributed by atoms with van der Waals surface area (Å²) in [7, 11) is 0. The molecule has 1 unspecified atom stereocenters. The van der Waals surface area contributed by atoms with Gasteiger partial charge in [0.05, 0.1) is 0 Å². The average Bonchev–Trinajstić information content (AvgIpc) is 2.31. The first kappa shape index (κ1) is 7.12. The number of rotatable bonds is 3. The molecule has 1 aliphatic heterocycles. The first-order valence-corrected chi connectivity index (χ1v) is 3.27. The van der Waals surface area contributed by atoms with E-state index in [1.54, 1.807) is 6.08 Å². The Morgan fingerprint density at radius 1 is 1.80 bits per heavy atom. The van der Waals surface area contributed by atoms with Gasteiger partial charge in [-0.15, -0.1) is 6.58 Å². The Bertz CT molecular complexity index is 142. The monoisotopic (exact) mass is 142 g/mol. The number of cyclic esters (lactones) is 2. The third-order valence-corrected chi connectivity index (χ3v) is 1.34. The van der Waals surface area contributed by atoms with Crippen molar-refractivity contribution in [3.8, 4) is 0 Å². The Hall–Kier alpha value is -0.990. The Kier molecular flexibility index (Phi) is 2.31. The molecule has 1 rings (SSSR count). The van der Waals surface area contributed by atoms with Crippen molar-refractivity contribution in [3.63, 3.8) is 0 Å². The minimum Gasteiger partial charge on any atom is -0.430 e. The van der Waals surface area contributed by atoms with Crippen LogP contribution in [0.3, 0.4) is 0 Å². The van der Waals surface area contributed by atoms with E-state index in [0.717, 1.165) is 12.8 Å². The molecule has 3 heteroatoms. The summed E-state index contributed by atoms with van der Waals surface area (Å²) in [6.07, 6.45) is 2.88. The number of ether oxygens (including phenoxy) is 2. The third-order valence-electron chi connectivity index (χ3n) is 1.34. The lowest BCUT2D eigenvalue weighted by molar-refractivity contribution is 0.116. The maximum absolute atomic E-state index is 10.3. The fourth-order valence-corrected chi connectivity index (χ4v) is 0.811. The van der Waals surface area contributed by atoms with Crippen LogP contribution in [0.5, 0.6) is 0 Å². The molecule has 0 aromatic rings. The normalized spacial score (nSPS) is 23.6. The lowest BCUT2D eigenvalue weighted by Crippen LogP contribution is -2.08. The standard InChI is InChI=1S/C7H10O3/c1-2-3-4-6-5-9-7(8)10-6/h2,6H,1,3-5H2. The number of carbonyl (C=O) groups excluding carboxylic acids is 1. The van der Waals surface area contributed by atoms with Crippen LogP contribution in [-0.4, -0.2) is 18.9 Å². The molecule has 0 radical (unpaired) electrons. The van der Waals surface area contributed by atoms with Crippen molar-refractivity contribution in [2.24, 2.45) is 0 Å². The average molecular weight is 142 g/mol. The molecular formula is C7H10O3. The lowest BCUT2D eigenvalue weighted by atomic mass is 10.2. The molecule has 1 saturated heterocycles. The molecule has 1 aliphatic rings. The summed E-state index contributed by atoms with van der Waals surface area (Å²) in [6, 6.07) is 0. The molecule has 0 spiro atoms. The number of allylic oxidation sites excluding steroid dienone is 1. The quantitative estimate of drug-likeness (QED) is 0.442. The van der Waals surface area contributed by atoms with Crippen molar-refractivity contribution in [1.29, 1.82) is 0 Å². The van der Waals surface area contributed by atoms with Crippen LogP contribution in [0.15, 0.2) is 12.7 Å². The van der Waals surface area contributed by atoms with E-state index in [1.807, 2.05) is 0 Å². The van der Waals surface area contributed by atoms with Crippen molar-refractivity contribution in [2.45, 2.75) is 18.9 Å². The summed E-state index contributed by atoms with van der Waals surface area (Å²) in [6.45, 7) is 3.95. The summed E-state index contributed by atoms with van der Waals surface area (Å²) >= 11 is 0. The molecule has 10 heavy (non-hydrogen) atoms. The summed E-state index contributed by atoms with van der Waals surface area (Å²) in [4.78, 5) is 10.3. The van der Waals surface area contributed by atoms with Crippen LogP contribution >= 0.6 is 0 Å². The van der Waals surface area contributed by atoms with E-state index in [-0.39, 0.29) is 6.10 Å². The zero-order chi connectivity index (χ0) is 7.40. The molecule has 1 atom stereocenters. The second-order valence-electron chi connectivity index (χ2n) is 2.17. The van der Waals surface area contributed by atoms with E-state index in [9.17, 15) is 4.79 Å². The molecule has 1 heterocycles. The van der Waals surface area contributed by atoms with Gasteiger partial charge in [0.2, 0.25) is 0 Å². The van der Waals surface area contributed by atoms with Crippen LogP contribution in [0, 0.1) is 0 Å². The largest absolute Gasteiger partial charge is 0.508 e. The van der Waals surface area contributed by atoms with Crippen LogP contribution in [0.4, 0.5) is 4.79 Å². The van der Waals surface area contributed by atoms with Gasteiger partial charge in [-0.3, -0.25) is 0 Å². The molecule has 1 fully saturated rings. The Morgan fingerprint density at radius 3 is 3.10 bits per heavy atom. The van der Waals surface area contributed by atoms with Crippen molar-refractivity contribution in [3.05, 3.63) is 12.7 Å². The van der Waals surface area contributed by atoms with E-state index < -0.39 is 6.16 Å². The predicted molar refractivity (Wildman–Crippen MR) is 35.7 cm³/mol. The molecule has 0 aromatic heterocycles. The van der Waals surface area contributed by atoms with Gasteiger partial charge >= 0.3 is 6.16 Å². The fourth-order valence-electron chi connectivity index (χ4n) is 0.811. The van der Waals surface area contributed by atoms with Gasteiger partial charge in [-0.25, -0.2) is 4.79 Å². The second-order valence-corrected chi connectivity index (χ2v) is 2.17. The van der Waals surface area contributed by atoms with Gasteiger partial charge in [0.15, 0.2) is 0 Å². The Morgan fingerprint density at radius 2 is 2.60 bits per heavy atom. The number of hydrogen-bond acceptors (Lipinski definition) is 3. The molecule has 56 valence electrons. The summed E-state index contributed by atoms with van der Waals surface area (Å²) in [5, 5.41) is 0. The summed E-state index contributed by atoms with van der Waals surface area (Å²) < 4.78 is 9.32. The second kappa shape index (κ2) is 3.25. The Balaban J connectivity index is 2.18. The number of hydrogen-bond donors (Lipinski definition) is 0. The van der Waals surface area contributed by atoms with Gasteiger partial charge in [0.25, 0.3) is 0 Å². The van der Waals surface area contributed by atoms with Gasteiger partial charge < -0.3 is 9.47 Å². The maximum atomic E-state index is 10.3. The van der Waals surface area contributed by atoms with E-state index in [1.165, 1.54) is 0 Å². The first-order chi connectivity index (χ1) is 4.83. The van der Waals surface area contributed by atoms with Gasteiger partial charge in [-0.2, -0.15) is 0 Å². The van der Waals surface area contributed by atoms with E-state index >= 15 is 0 Å². The van der Waals surface area contributed by atoms with Crippen LogP contribution in [0.2, 0.25) is 0 Å². The predicted octanol–water partition coefficient (Wildman–Crippen LogP) is 1.49. The topological polar surface area (TPSA) is 35.5 Å². The van der Waals surface area contributed by atoms with Crippen molar-refractivity contribution < 1.29 is 14.3 Å². The highest BCUT2D eigenvalue weighted by Crippen LogP contribution is 2.11. The Labute approximate surface area is 59.6 Å². The van der Waals surface area contributed by atoms with Crippen molar-refractivity contribution >= 4 is 6.16 Å². The summed E-state index contributed by atoms with van der Waals surface area (Å²) in [5.41, 5.74) is 0. The van der Waals surface area contributed by atoms with Crippen LogP contribution in [0.1, 0.15) is 12.8 Å². The van der Waals surface area contributed by atoms with Crippen molar-refractivity contribution in [1.82, 2.24) is 0 Å². The van der Waals surface area contributed by atoms with Gasteiger partial charge in [0.1, 0.15) is 12.7 Å². The van der Waals surface area contributed by atoms with Gasteiger partial charge in [-0.1, -0.05) is 6.08 Å². The molecule has 0 saturated carbocycles. The van der Waals surface area contributed by atoms with Crippen LogP contribution < -0.4 is 0 Å². The molecule has 3 nitrogen and oxygen atoms in total. The van der Waals surface area contributed by atoms with E-state index in [2.05, 4.69) is 11.3 Å². The SMILES string of the molecule is C=CCCC1COC(=O)O1. The van der Waals surface area contributed by atoms with Crippen LogP contribution in [-0.2, 0) is 9.47 Å². The maximum Gasteiger partial charge on any atom is 0.508 e. The number of carbonyl (C=O) groups is 1. The van der Waals surface area contributed by atoms with Gasteiger partial charge in [-0.05, 0) is 12.8 Å². The zero-order valence-electron chi connectivity index (χ0n) is 5.71. The highest BCUT2D eigenvalue weighted by Gasteiger charge is 2.23. The van der Waals surface area contributed by atoms with Gasteiger partial charge in [0, 0.05) is 0 Å². The van der Waals surface area contributed by atoms with E-state index in [4.69, 9.17) is 4.74 Å². The fraction of sp³-hybridized carbons (Fsp3) is 0.571. The summed E-state index contributed by atoms with van der Waals surface area (Å²) in [5.74, 6) is 0. The highest BCUT2D eigenvalue weighted by atomic mass is 16.8. The third kappa shape index (κ3) is 1.76. The first-order valence-electron chi connectivity index (χ1n) is 3.27. The van der Waals surface area contributed by atoms with Crippen molar-refractivity contribution in [2.75, 3.05) is 6.61 Å². The minimum absolute atomic E-state index is 0.0505. The molecular weight excluding hydrogens is 132 g/mol. The molecule has 0 N–H and O–H groups in total. The van der Waals surface area contributed by atoms with Crippen LogP contribution in [0.25, 0.3) is 0 Å². The molecule has 0 bridgehead atoms. The highest BCUT2D eigenvalue weighted by molar-refractivity contribution is 5.61. The minimum atomic E-state index is -0.547. The molecule has 0 amide bonds. The van der Waals surface area contributed by atoms with E-state index in [0.29, 0.717) is 6.61 Å².